The van der Waals surface area contributed by atoms with Crippen LogP contribution in [0.25, 0.3) is 0 Å². The highest BCUT2D eigenvalue weighted by molar-refractivity contribution is 6.33. The van der Waals surface area contributed by atoms with E-state index in [1.165, 1.54) is 18.2 Å². The van der Waals surface area contributed by atoms with Crippen LogP contribution in [0.4, 0.5) is 5.69 Å². The lowest BCUT2D eigenvalue weighted by Gasteiger charge is -2.07. The molecule has 3 N–H and O–H groups in total. The molecule has 1 aromatic carbocycles. The zero-order valence-electron chi connectivity index (χ0n) is 11.1. The molecule has 0 unspecified atom stereocenters. The van der Waals surface area contributed by atoms with Gasteiger partial charge in [-0.3, -0.25) is 4.79 Å². The second-order valence-electron chi connectivity index (χ2n) is 4.01. The Morgan fingerprint density at radius 1 is 1.40 bits per heavy atom. The minimum absolute atomic E-state index is 0.174. The van der Waals surface area contributed by atoms with Crippen LogP contribution in [0.1, 0.15) is 16.8 Å². The predicted molar refractivity (Wildman–Crippen MR) is 75.6 cm³/mol. The third-order valence-corrected chi connectivity index (χ3v) is 2.71. The van der Waals surface area contributed by atoms with E-state index in [4.69, 9.17) is 26.8 Å². The van der Waals surface area contributed by atoms with Gasteiger partial charge >= 0.3 is 5.97 Å². The van der Waals surface area contributed by atoms with Crippen LogP contribution in [0.15, 0.2) is 18.2 Å². The average Bonchev–Trinajstić information content (AvgIpc) is 2.41. The molecule has 0 aliphatic rings. The van der Waals surface area contributed by atoms with Crippen molar-refractivity contribution in [2.24, 2.45) is 0 Å². The van der Waals surface area contributed by atoms with Crippen LogP contribution in [0.2, 0.25) is 5.02 Å². The maximum atomic E-state index is 11.7. The second-order valence-corrected chi connectivity index (χ2v) is 4.42. The first kappa shape index (κ1) is 16.3. The first-order valence-electron chi connectivity index (χ1n) is 6.02. The zero-order chi connectivity index (χ0) is 15.0. The molecule has 1 rings (SSSR count). The molecule has 1 amide bonds. The van der Waals surface area contributed by atoms with Gasteiger partial charge in [0.2, 0.25) is 0 Å². The molecule has 20 heavy (non-hydrogen) atoms. The Morgan fingerprint density at radius 3 is 2.80 bits per heavy atom. The largest absolute Gasteiger partial charge is 0.452 e. The summed E-state index contributed by atoms with van der Waals surface area (Å²) in [6.07, 6.45) is 0.694. The van der Waals surface area contributed by atoms with Crippen LogP contribution in [-0.4, -0.2) is 38.7 Å². The number of carbonyl (C=O) groups excluding carboxylic acids is 2. The summed E-state index contributed by atoms with van der Waals surface area (Å²) in [6.45, 7) is 0.667. The highest BCUT2D eigenvalue weighted by Gasteiger charge is 2.13. The van der Waals surface area contributed by atoms with Crippen LogP contribution < -0.4 is 11.1 Å². The molecule has 0 aliphatic carbocycles. The third kappa shape index (κ3) is 5.46. The summed E-state index contributed by atoms with van der Waals surface area (Å²) in [7, 11) is 1.58. The third-order valence-electron chi connectivity index (χ3n) is 2.39. The minimum Gasteiger partial charge on any atom is -0.452 e. The number of hydrogen-bond acceptors (Lipinski definition) is 5. The molecule has 0 bridgehead atoms. The molecule has 7 heteroatoms. The standard InChI is InChI=1S/C13H17ClN2O4/c1-19-6-2-5-16-12(17)8-20-13(18)10-4-3-9(15)7-11(10)14/h3-4,7H,2,5-6,8,15H2,1H3,(H,16,17). The average molecular weight is 301 g/mol. The molecule has 0 saturated carbocycles. The lowest BCUT2D eigenvalue weighted by Crippen LogP contribution is -2.30. The van der Waals surface area contributed by atoms with E-state index in [1.54, 1.807) is 7.11 Å². The van der Waals surface area contributed by atoms with Gasteiger partial charge < -0.3 is 20.5 Å². The van der Waals surface area contributed by atoms with Crippen LogP contribution in [0.3, 0.4) is 0 Å². The number of rotatable bonds is 7. The Balaban J connectivity index is 2.37. The SMILES string of the molecule is COCCCNC(=O)COC(=O)c1ccc(N)cc1Cl. The number of halogens is 1. The summed E-state index contributed by atoms with van der Waals surface area (Å²) >= 11 is 5.86. The van der Waals surface area contributed by atoms with Gasteiger partial charge in [0.15, 0.2) is 6.61 Å². The number of amides is 1. The summed E-state index contributed by atoms with van der Waals surface area (Å²) in [5.74, 6) is -1.04. The van der Waals surface area contributed by atoms with Crippen molar-refractivity contribution in [2.45, 2.75) is 6.42 Å². The van der Waals surface area contributed by atoms with Crippen molar-refractivity contribution in [3.05, 3.63) is 28.8 Å². The van der Waals surface area contributed by atoms with Crippen molar-refractivity contribution in [3.8, 4) is 0 Å². The van der Waals surface area contributed by atoms with Gasteiger partial charge in [0.05, 0.1) is 10.6 Å². The van der Waals surface area contributed by atoms with E-state index in [-0.39, 0.29) is 23.1 Å². The van der Waals surface area contributed by atoms with E-state index in [0.717, 1.165) is 0 Å². The fourth-order valence-corrected chi connectivity index (χ4v) is 1.67. The molecule has 0 saturated heterocycles. The quantitative estimate of drug-likeness (QED) is 0.449. The van der Waals surface area contributed by atoms with Gasteiger partial charge in [0.1, 0.15) is 0 Å². The second kappa shape index (κ2) is 8.39. The molecule has 110 valence electrons. The van der Waals surface area contributed by atoms with Gasteiger partial charge in [0, 0.05) is 25.9 Å². The molecule has 6 nitrogen and oxygen atoms in total. The van der Waals surface area contributed by atoms with Crippen molar-refractivity contribution in [1.29, 1.82) is 0 Å². The number of ether oxygens (including phenoxy) is 2. The van der Waals surface area contributed by atoms with Gasteiger partial charge in [0.25, 0.3) is 5.91 Å². The van der Waals surface area contributed by atoms with E-state index in [9.17, 15) is 9.59 Å². The highest BCUT2D eigenvalue weighted by atomic mass is 35.5. The smallest absolute Gasteiger partial charge is 0.340 e. The maximum Gasteiger partial charge on any atom is 0.340 e. The number of nitrogen functional groups attached to an aromatic ring is 1. The molecule has 1 aromatic rings. The van der Waals surface area contributed by atoms with Gasteiger partial charge in [-0.25, -0.2) is 4.79 Å². The van der Waals surface area contributed by atoms with E-state index in [0.29, 0.717) is 25.3 Å². The lowest BCUT2D eigenvalue weighted by molar-refractivity contribution is -0.124. The van der Waals surface area contributed by atoms with Crippen molar-refractivity contribution in [1.82, 2.24) is 5.32 Å². The summed E-state index contributed by atoms with van der Waals surface area (Å²) < 4.78 is 9.70. The van der Waals surface area contributed by atoms with Crippen LogP contribution in [0.5, 0.6) is 0 Å². The van der Waals surface area contributed by atoms with Crippen molar-refractivity contribution in [3.63, 3.8) is 0 Å². The van der Waals surface area contributed by atoms with Gasteiger partial charge in [-0.1, -0.05) is 11.6 Å². The molecule has 0 spiro atoms. The summed E-state index contributed by atoms with van der Waals surface area (Å²) in [4.78, 5) is 23.1. The van der Waals surface area contributed by atoms with Gasteiger partial charge in [-0.15, -0.1) is 0 Å². The van der Waals surface area contributed by atoms with Crippen molar-refractivity contribution < 1.29 is 19.1 Å². The number of nitrogens with one attached hydrogen (secondary N) is 1. The molecule has 0 atom stereocenters. The van der Waals surface area contributed by atoms with E-state index in [1.807, 2.05) is 0 Å². The van der Waals surface area contributed by atoms with Crippen LogP contribution in [-0.2, 0) is 14.3 Å². The maximum absolute atomic E-state index is 11.7. The zero-order valence-corrected chi connectivity index (χ0v) is 11.9. The highest BCUT2D eigenvalue weighted by Crippen LogP contribution is 2.19. The van der Waals surface area contributed by atoms with E-state index >= 15 is 0 Å². The Hall–Kier alpha value is -1.79. The van der Waals surface area contributed by atoms with Gasteiger partial charge in [-0.2, -0.15) is 0 Å². The molecule has 0 aromatic heterocycles. The van der Waals surface area contributed by atoms with Crippen LogP contribution >= 0.6 is 11.6 Å². The number of benzene rings is 1. The minimum atomic E-state index is -0.665. The molecule has 0 aliphatic heterocycles. The topological polar surface area (TPSA) is 90.6 Å². The van der Waals surface area contributed by atoms with Gasteiger partial charge in [-0.05, 0) is 24.6 Å². The first-order chi connectivity index (χ1) is 9.54. The first-order valence-corrected chi connectivity index (χ1v) is 6.40. The molecular formula is C13H17ClN2O4. The fourth-order valence-electron chi connectivity index (χ4n) is 1.40. The Labute approximate surface area is 122 Å². The lowest BCUT2D eigenvalue weighted by atomic mass is 10.2. The number of anilines is 1. The monoisotopic (exact) mass is 300 g/mol. The molecule has 0 heterocycles. The number of nitrogens with two attached hydrogens (primary N) is 1. The summed E-state index contributed by atoms with van der Waals surface area (Å²) in [6, 6.07) is 4.44. The van der Waals surface area contributed by atoms with E-state index < -0.39 is 5.97 Å². The molecular weight excluding hydrogens is 284 g/mol. The van der Waals surface area contributed by atoms with E-state index in [2.05, 4.69) is 5.32 Å². The number of hydrogen-bond donors (Lipinski definition) is 2. The summed E-state index contributed by atoms with van der Waals surface area (Å²) in [5.41, 5.74) is 6.14. The number of carbonyl (C=O) groups is 2. The predicted octanol–water partition coefficient (Wildman–Crippen LogP) is 1.23. The van der Waals surface area contributed by atoms with Crippen LogP contribution in [0, 0.1) is 0 Å². The number of methoxy groups -OCH3 is 1. The fraction of sp³-hybridized carbons (Fsp3) is 0.385. The Kier molecular flexibility index (Phi) is 6.83. The Morgan fingerprint density at radius 2 is 2.15 bits per heavy atom. The van der Waals surface area contributed by atoms with Crippen molar-refractivity contribution in [2.75, 3.05) is 32.6 Å². The number of esters is 1. The normalized spacial score (nSPS) is 10.1. The molecule has 0 radical (unpaired) electrons. The molecule has 0 fully saturated rings. The summed E-state index contributed by atoms with van der Waals surface area (Å²) in [5, 5.41) is 2.79. The van der Waals surface area contributed by atoms with Crippen molar-refractivity contribution >= 4 is 29.2 Å². The Bertz CT molecular complexity index is 479.